The minimum atomic E-state index is -0.765. The van der Waals surface area contributed by atoms with Gasteiger partial charge in [0.1, 0.15) is 24.4 Å². The van der Waals surface area contributed by atoms with E-state index in [1.165, 1.54) is 18.2 Å². The molecule has 8 heteroatoms. The van der Waals surface area contributed by atoms with Crippen LogP contribution in [0.15, 0.2) is 22.7 Å². The number of carbonyl (C=O) groups is 3. The third kappa shape index (κ3) is 5.17. The standard InChI is InChI=1S/C21H27BrN2O5/c1-12-18(17(26)11-29-12)24-20(28)15(10-21(2)7-3-4-8-21)23-19(27)13-5-6-16(25)14(22)9-13/h5-6,9,12,15,18,25H,3-4,7-8,10-11H2,1-2H3,(H,23,27)(H,24,28)/t12-,15-,18-/m0/s1. The minimum absolute atomic E-state index is 0.0115. The van der Waals surface area contributed by atoms with Gasteiger partial charge in [-0.3, -0.25) is 14.4 Å². The van der Waals surface area contributed by atoms with Crippen LogP contribution in [0.2, 0.25) is 0 Å². The molecule has 3 rings (SSSR count). The van der Waals surface area contributed by atoms with Gasteiger partial charge in [-0.1, -0.05) is 19.8 Å². The summed E-state index contributed by atoms with van der Waals surface area (Å²) in [4.78, 5) is 37.8. The fourth-order valence-corrected chi connectivity index (χ4v) is 4.52. The molecule has 0 radical (unpaired) electrons. The van der Waals surface area contributed by atoms with E-state index in [1.807, 2.05) is 0 Å². The summed E-state index contributed by atoms with van der Waals surface area (Å²) in [7, 11) is 0. The van der Waals surface area contributed by atoms with E-state index in [4.69, 9.17) is 4.74 Å². The van der Waals surface area contributed by atoms with E-state index in [-0.39, 0.29) is 29.5 Å². The van der Waals surface area contributed by atoms with Crippen molar-refractivity contribution in [3.8, 4) is 5.75 Å². The first-order chi connectivity index (χ1) is 13.7. The number of Topliss-reactive ketones (excluding diaryl/α,β-unsaturated/α-hetero) is 1. The van der Waals surface area contributed by atoms with Crippen molar-refractivity contribution in [1.82, 2.24) is 10.6 Å². The first-order valence-electron chi connectivity index (χ1n) is 9.93. The number of amides is 2. The summed E-state index contributed by atoms with van der Waals surface area (Å²) >= 11 is 3.20. The zero-order valence-electron chi connectivity index (χ0n) is 16.7. The number of aromatic hydroxyl groups is 1. The highest BCUT2D eigenvalue weighted by Crippen LogP contribution is 2.41. The van der Waals surface area contributed by atoms with Crippen molar-refractivity contribution >= 4 is 33.5 Å². The number of nitrogens with one attached hydrogen (secondary N) is 2. The second-order valence-corrected chi connectivity index (χ2v) is 9.24. The Balaban J connectivity index is 1.76. The monoisotopic (exact) mass is 466 g/mol. The van der Waals surface area contributed by atoms with Crippen LogP contribution in [0, 0.1) is 5.41 Å². The number of halogens is 1. The predicted molar refractivity (Wildman–Crippen MR) is 111 cm³/mol. The zero-order chi connectivity index (χ0) is 21.2. The number of hydrogen-bond donors (Lipinski definition) is 3. The van der Waals surface area contributed by atoms with Crippen LogP contribution in [0.5, 0.6) is 5.75 Å². The first-order valence-corrected chi connectivity index (χ1v) is 10.7. The summed E-state index contributed by atoms with van der Waals surface area (Å²) in [6.45, 7) is 3.87. The van der Waals surface area contributed by atoms with Crippen molar-refractivity contribution in [2.75, 3.05) is 6.61 Å². The van der Waals surface area contributed by atoms with E-state index < -0.39 is 24.1 Å². The van der Waals surface area contributed by atoms with Crippen LogP contribution in [0.3, 0.4) is 0 Å². The Morgan fingerprint density at radius 3 is 2.62 bits per heavy atom. The van der Waals surface area contributed by atoms with Gasteiger partial charge in [0.25, 0.3) is 5.91 Å². The van der Waals surface area contributed by atoms with Crippen molar-refractivity contribution in [3.63, 3.8) is 0 Å². The van der Waals surface area contributed by atoms with Crippen molar-refractivity contribution in [2.45, 2.75) is 64.1 Å². The fraction of sp³-hybridized carbons (Fsp3) is 0.571. The number of carbonyl (C=O) groups excluding carboxylic acids is 3. The Morgan fingerprint density at radius 2 is 2.03 bits per heavy atom. The van der Waals surface area contributed by atoms with E-state index in [2.05, 4.69) is 33.5 Å². The smallest absolute Gasteiger partial charge is 0.251 e. The summed E-state index contributed by atoms with van der Waals surface area (Å²) in [5, 5.41) is 15.2. The molecule has 0 unspecified atom stereocenters. The van der Waals surface area contributed by atoms with E-state index >= 15 is 0 Å². The van der Waals surface area contributed by atoms with E-state index in [9.17, 15) is 19.5 Å². The Morgan fingerprint density at radius 1 is 1.34 bits per heavy atom. The third-order valence-electron chi connectivity index (χ3n) is 5.94. The van der Waals surface area contributed by atoms with Crippen LogP contribution in [0.25, 0.3) is 0 Å². The summed E-state index contributed by atoms with van der Waals surface area (Å²) in [6, 6.07) is 2.97. The Hall–Kier alpha value is -1.93. The highest BCUT2D eigenvalue weighted by Gasteiger charge is 2.39. The average Bonchev–Trinajstić information content (AvgIpc) is 3.23. The first kappa shape index (κ1) is 21.8. The molecule has 2 fully saturated rings. The second kappa shape index (κ2) is 8.83. The predicted octanol–water partition coefficient (Wildman–Crippen LogP) is 2.70. The lowest BCUT2D eigenvalue weighted by Crippen LogP contribution is -2.54. The van der Waals surface area contributed by atoms with Gasteiger partial charge in [-0.25, -0.2) is 0 Å². The molecule has 7 nitrogen and oxygen atoms in total. The van der Waals surface area contributed by atoms with Gasteiger partial charge < -0.3 is 20.5 Å². The largest absolute Gasteiger partial charge is 0.507 e. The van der Waals surface area contributed by atoms with Gasteiger partial charge in [-0.05, 0) is 65.7 Å². The molecule has 0 aromatic heterocycles. The number of ether oxygens (including phenoxy) is 1. The van der Waals surface area contributed by atoms with Gasteiger partial charge in [0.15, 0.2) is 5.78 Å². The lowest BCUT2D eigenvalue weighted by Gasteiger charge is -2.30. The van der Waals surface area contributed by atoms with E-state index in [0.717, 1.165) is 25.7 Å². The molecule has 1 heterocycles. The lowest BCUT2D eigenvalue weighted by atomic mass is 9.81. The van der Waals surface area contributed by atoms with Gasteiger partial charge in [0.05, 0.1) is 10.6 Å². The summed E-state index contributed by atoms with van der Waals surface area (Å²) in [6.07, 6.45) is 4.32. The Bertz CT molecular complexity index is 806. The molecule has 2 aliphatic rings. The van der Waals surface area contributed by atoms with Gasteiger partial charge in [-0.2, -0.15) is 0 Å². The summed E-state index contributed by atoms with van der Waals surface area (Å²) in [5.74, 6) is -0.914. The van der Waals surface area contributed by atoms with Crippen molar-refractivity contribution in [2.24, 2.45) is 5.41 Å². The molecule has 1 aromatic rings. The molecule has 1 saturated heterocycles. The van der Waals surface area contributed by atoms with Crippen molar-refractivity contribution < 1.29 is 24.2 Å². The fourth-order valence-electron chi connectivity index (χ4n) is 4.14. The Kier molecular flexibility index (Phi) is 6.63. The van der Waals surface area contributed by atoms with Crippen LogP contribution in [0.4, 0.5) is 0 Å². The van der Waals surface area contributed by atoms with Gasteiger partial charge >= 0.3 is 0 Å². The molecule has 1 saturated carbocycles. The molecule has 0 bridgehead atoms. The van der Waals surface area contributed by atoms with Gasteiger partial charge in [-0.15, -0.1) is 0 Å². The molecule has 3 atom stereocenters. The van der Waals surface area contributed by atoms with Crippen LogP contribution in [-0.4, -0.2) is 47.5 Å². The average molecular weight is 467 g/mol. The summed E-state index contributed by atoms with van der Waals surface area (Å²) < 4.78 is 5.71. The number of phenols is 1. The number of phenolic OH excluding ortho intramolecular Hbond substituents is 1. The zero-order valence-corrected chi connectivity index (χ0v) is 18.3. The van der Waals surface area contributed by atoms with Crippen LogP contribution in [0.1, 0.15) is 56.3 Å². The number of rotatable bonds is 6. The minimum Gasteiger partial charge on any atom is -0.507 e. The second-order valence-electron chi connectivity index (χ2n) is 8.38. The molecule has 1 aliphatic carbocycles. The molecule has 158 valence electrons. The van der Waals surface area contributed by atoms with Crippen LogP contribution >= 0.6 is 15.9 Å². The molecule has 0 spiro atoms. The summed E-state index contributed by atoms with van der Waals surface area (Å²) in [5.41, 5.74) is 0.296. The molecule has 1 aliphatic heterocycles. The highest BCUT2D eigenvalue weighted by molar-refractivity contribution is 9.10. The molecule has 3 N–H and O–H groups in total. The lowest BCUT2D eigenvalue weighted by molar-refractivity contribution is -0.128. The van der Waals surface area contributed by atoms with Crippen LogP contribution in [-0.2, 0) is 14.3 Å². The maximum Gasteiger partial charge on any atom is 0.251 e. The molecular weight excluding hydrogens is 440 g/mol. The van der Waals surface area contributed by atoms with E-state index in [1.54, 1.807) is 6.92 Å². The number of benzene rings is 1. The molecular formula is C21H27BrN2O5. The molecule has 29 heavy (non-hydrogen) atoms. The molecule has 1 aromatic carbocycles. The quantitative estimate of drug-likeness (QED) is 0.597. The van der Waals surface area contributed by atoms with Gasteiger partial charge in [0.2, 0.25) is 5.91 Å². The topological polar surface area (TPSA) is 105 Å². The van der Waals surface area contributed by atoms with Gasteiger partial charge in [0, 0.05) is 5.56 Å². The molecule has 2 amide bonds. The Labute approximate surface area is 178 Å². The van der Waals surface area contributed by atoms with E-state index in [0.29, 0.717) is 16.5 Å². The van der Waals surface area contributed by atoms with Crippen molar-refractivity contribution in [3.05, 3.63) is 28.2 Å². The maximum absolute atomic E-state index is 13.0. The highest BCUT2D eigenvalue weighted by atomic mass is 79.9. The maximum atomic E-state index is 13.0. The SMILES string of the molecule is C[C@@H]1OCC(=O)[C@H]1NC(=O)[C@H](CC1(C)CCCC1)NC(=O)c1ccc(O)c(Br)c1. The number of hydrogen-bond acceptors (Lipinski definition) is 5. The normalized spacial score (nSPS) is 24.3. The van der Waals surface area contributed by atoms with Crippen molar-refractivity contribution in [1.29, 1.82) is 0 Å². The third-order valence-corrected chi connectivity index (χ3v) is 6.58. The van der Waals surface area contributed by atoms with Crippen LogP contribution < -0.4 is 10.6 Å². The number of ketones is 1.